The SMILES string of the molecule is Cc1coc(C(=O)C(N)=O)c1. The second kappa shape index (κ2) is 2.57. The lowest BCUT2D eigenvalue weighted by atomic mass is 10.2. The van der Waals surface area contributed by atoms with Crippen LogP contribution in [-0.4, -0.2) is 11.7 Å². The predicted octanol–water partition coefficient (Wildman–Crippen LogP) is 0.256. The average molecular weight is 153 g/mol. The van der Waals surface area contributed by atoms with Crippen LogP contribution in [0.25, 0.3) is 0 Å². The van der Waals surface area contributed by atoms with Gasteiger partial charge in [-0.3, -0.25) is 9.59 Å². The van der Waals surface area contributed by atoms with Crippen LogP contribution < -0.4 is 5.73 Å². The number of primary amides is 1. The van der Waals surface area contributed by atoms with E-state index >= 15 is 0 Å². The molecule has 0 aliphatic heterocycles. The highest BCUT2D eigenvalue weighted by Crippen LogP contribution is 2.06. The Morgan fingerprint density at radius 3 is 2.55 bits per heavy atom. The molecule has 0 radical (unpaired) electrons. The minimum Gasteiger partial charge on any atom is -0.460 e. The molecule has 1 aromatic rings. The summed E-state index contributed by atoms with van der Waals surface area (Å²) in [6, 6.07) is 1.47. The zero-order valence-corrected chi connectivity index (χ0v) is 5.96. The third kappa shape index (κ3) is 1.46. The molecule has 4 heteroatoms. The number of amides is 1. The molecule has 0 aliphatic rings. The monoisotopic (exact) mass is 153 g/mol. The molecule has 0 unspecified atom stereocenters. The maximum absolute atomic E-state index is 10.8. The van der Waals surface area contributed by atoms with Gasteiger partial charge in [0.25, 0.3) is 11.7 Å². The normalized spacial score (nSPS) is 9.55. The van der Waals surface area contributed by atoms with Crippen LogP contribution in [0.1, 0.15) is 16.1 Å². The highest BCUT2D eigenvalue weighted by atomic mass is 16.3. The largest absolute Gasteiger partial charge is 0.460 e. The molecule has 0 saturated heterocycles. The van der Waals surface area contributed by atoms with E-state index in [9.17, 15) is 9.59 Å². The fourth-order valence-electron chi connectivity index (χ4n) is 0.672. The summed E-state index contributed by atoms with van der Waals surface area (Å²) in [5, 5.41) is 0. The standard InChI is InChI=1S/C7H7NO3/c1-4-2-5(11-3-4)6(9)7(8)10/h2-3H,1H3,(H2,8,10). The van der Waals surface area contributed by atoms with Crippen molar-refractivity contribution in [1.82, 2.24) is 0 Å². The summed E-state index contributed by atoms with van der Waals surface area (Å²) in [4.78, 5) is 21.1. The maximum atomic E-state index is 10.8. The van der Waals surface area contributed by atoms with Crippen molar-refractivity contribution in [2.24, 2.45) is 5.73 Å². The van der Waals surface area contributed by atoms with Gasteiger partial charge in [0.1, 0.15) is 0 Å². The number of aryl methyl sites for hydroxylation is 1. The van der Waals surface area contributed by atoms with E-state index in [0.717, 1.165) is 5.56 Å². The van der Waals surface area contributed by atoms with Crippen LogP contribution >= 0.6 is 0 Å². The number of rotatable bonds is 2. The second-order valence-electron chi connectivity index (χ2n) is 2.18. The summed E-state index contributed by atoms with van der Waals surface area (Å²) >= 11 is 0. The highest BCUT2D eigenvalue weighted by Gasteiger charge is 2.15. The second-order valence-corrected chi connectivity index (χ2v) is 2.18. The Balaban J connectivity index is 2.94. The van der Waals surface area contributed by atoms with Gasteiger partial charge in [0.2, 0.25) is 0 Å². The Labute approximate surface area is 63.0 Å². The van der Waals surface area contributed by atoms with Crippen molar-refractivity contribution in [3.8, 4) is 0 Å². The van der Waals surface area contributed by atoms with Crippen LogP contribution in [0.3, 0.4) is 0 Å². The summed E-state index contributed by atoms with van der Waals surface area (Å²) in [5.41, 5.74) is 5.52. The van der Waals surface area contributed by atoms with E-state index in [-0.39, 0.29) is 5.76 Å². The number of hydrogen-bond donors (Lipinski definition) is 1. The number of carbonyl (C=O) groups excluding carboxylic acids is 2. The molecule has 0 bridgehead atoms. The first kappa shape index (κ1) is 7.53. The first-order valence-electron chi connectivity index (χ1n) is 3.00. The highest BCUT2D eigenvalue weighted by molar-refractivity contribution is 6.41. The summed E-state index contributed by atoms with van der Waals surface area (Å²) in [6.45, 7) is 1.75. The van der Waals surface area contributed by atoms with E-state index < -0.39 is 11.7 Å². The lowest BCUT2D eigenvalue weighted by molar-refractivity contribution is -0.114. The van der Waals surface area contributed by atoms with Crippen LogP contribution in [-0.2, 0) is 4.79 Å². The fraction of sp³-hybridized carbons (Fsp3) is 0.143. The van der Waals surface area contributed by atoms with Crippen LogP contribution in [0.4, 0.5) is 0 Å². The van der Waals surface area contributed by atoms with Gasteiger partial charge in [-0.05, 0) is 18.6 Å². The van der Waals surface area contributed by atoms with Crippen molar-refractivity contribution in [3.63, 3.8) is 0 Å². The molecule has 58 valence electrons. The van der Waals surface area contributed by atoms with E-state index in [0.29, 0.717) is 0 Å². The number of Topliss-reactive ketones (excluding diaryl/α,β-unsaturated/α-hetero) is 1. The number of nitrogens with two attached hydrogens (primary N) is 1. The molecule has 2 N–H and O–H groups in total. The van der Waals surface area contributed by atoms with Crippen LogP contribution in [0.2, 0.25) is 0 Å². The smallest absolute Gasteiger partial charge is 0.293 e. The first-order chi connectivity index (χ1) is 5.11. The molecule has 0 fully saturated rings. The van der Waals surface area contributed by atoms with Gasteiger partial charge in [0, 0.05) is 0 Å². The van der Waals surface area contributed by atoms with Crippen LogP contribution in [0, 0.1) is 6.92 Å². The van der Waals surface area contributed by atoms with Crippen molar-refractivity contribution in [2.75, 3.05) is 0 Å². The van der Waals surface area contributed by atoms with E-state index in [1.165, 1.54) is 12.3 Å². The van der Waals surface area contributed by atoms with Gasteiger partial charge >= 0.3 is 0 Å². The molecule has 11 heavy (non-hydrogen) atoms. The molecule has 1 heterocycles. The summed E-state index contributed by atoms with van der Waals surface area (Å²) < 4.78 is 4.74. The Morgan fingerprint density at radius 1 is 1.55 bits per heavy atom. The van der Waals surface area contributed by atoms with Crippen molar-refractivity contribution < 1.29 is 14.0 Å². The van der Waals surface area contributed by atoms with E-state index in [1.807, 2.05) is 0 Å². The van der Waals surface area contributed by atoms with Crippen molar-refractivity contribution >= 4 is 11.7 Å². The van der Waals surface area contributed by atoms with Crippen molar-refractivity contribution in [2.45, 2.75) is 6.92 Å². The molecule has 0 saturated carbocycles. The molecule has 1 amide bonds. The third-order valence-electron chi connectivity index (χ3n) is 1.18. The fourth-order valence-corrected chi connectivity index (χ4v) is 0.672. The molecule has 0 spiro atoms. The third-order valence-corrected chi connectivity index (χ3v) is 1.18. The Morgan fingerprint density at radius 2 is 2.18 bits per heavy atom. The van der Waals surface area contributed by atoms with Crippen LogP contribution in [0.15, 0.2) is 16.7 Å². The maximum Gasteiger partial charge on any atom is 0.293 e. The van der Waals surface area contributed by atoms with Gasteiger partial charge in [-0.1, -0.05) is 0 Å². The van der Waals surface area contributed by atoms with E-state index in [4.69, 9.17) is 10.2 Å². The van der Waals surface area contributed by atoms with Gasteiger partial charge < -0.3 is 10.2 Å². The van der Waals surface area contributed by atoms with E-state index in [1.54, 1.807) is 6.92 Å². The number of carbonyl (C=O) groups is 2. The van der Waals surface area contributed by atoms with Gasteiger partial charge in [-0.25, -0.2) is 0 Å². The zero-order valence-electron chi connectivity index (χ0n) is 5.96. The van der Waals surface area contributed by atoms with Gasteiger partial charge in [-0.2, -0.15) is 0 Å². The summed E-state index contributed by atoms with van der Waals surface area (Å²) in [7, 11) is 0. The Kier molecular flexibility index (Phi) is 1.76. The lowest BCUT2D eigenvalue weighted by Gasteiger charge is -1.86. The summed E-state index contributed by atoms with van der Waals surface area (Å²) in [6.07, 6.45) is 1.39. The predicted molar refractivity (Wildman–Crippen MR) is 37.0 cm³/mol. The number of hydrogen-bond acceptors (Lipinski definition) is 3. The molecular formula is C7H7NO3. The van der Waals surface area contributed by atoms with Gasteiger partial charge in [0.15, 0.2) is 5.76 Å². The Bertz CT molecular complexity index is 300. The van der Waals surface area contributed by atoms with Crippen LogP contribution in [0.5, 0.6) is 0 Å². The molecule has 0 aliphatic carbocycles. The Hall–Kier alpha value is -1.58. The number of ketones is 1. The van der Waals surface area contributed by atoms with Crippen molar-refractivity contribution in [1.29, 1.82) is 0 Å². The molecule has 0 atom stereocenters. The minimum atomic E-state index is -1.00. The molecule has 1 rings (SSSR count). The quantitative estimate of drug-likeness (QED) is 0.489. The first-order valence-corrected chi connectivity index (χ1v) is 3.00. The van der Waals surface area contributed by atoms with Gasteiger partial charge in [0.05, 0.1) is 6.26 Å². The zero-order chi connectivity index (χ0) is 8.43. The topological polar surface area (TPSA) is 73.3 Å². The van der Waals surface area contributed by atoms with Gasteiger partial charge in [-0.15, -0.1) is 0 Å². The van der Waals surface area contributed by atoms with Crippen molar-refractivity contribution in [3.05, 3.63) is 23.7 Å². The summed E-state index contributed by atoms with van der Waals surface area (Å²) in [5.74, 6) is -1.80. The molecule has 0 aromatic carbocycles. The number of furan rings is 1. The van der Waals surface area contributed by atoms with E-state index in [2.05, 4.69) is 0 Å². The molecular weight excluding hydrogens is 146 g/mol. The molecule has 1 aromatic heterocycles. The lowest BCUT2D eigenvalue weighted by Crippen LogP contribution is -2.22. The molecule has 4 nitrogen and oxygen atoms in total. The average Bonchev–Trinajstić information content (AvgIpc) is 2.34. The minimum absolute atomic E-state index is 0.00463.